The Morgan fingerprint density at radius 3 is 2.82 bits per heavy atom. The number of aryl methyl sites for hydroxylation is 1. The summed E-state index contributed by atoms with van der Waals surface area (Å²) in [7, 11) is 0. The first-order valence-electron chi connectivity index (χ1n) is 9.24. The molecule has 0 radical (unpaired) electrons. The number of carboxylic acids is 1. The molecule has 28 heavy (non-hydrogen) atoms. The lowest BCUT2D eigenvalue weighted by Gasteiger charge is -2.08. The number of carboxylic acid groups (broad SMARTS) is 1. The largest absolute Gasteiger partial charge is 0.493 e. The van der Waals surface area contributed by atoms with Crippen LogP contribution in [-0.2, 0) is 11.2 Å². The Morgan fingerprint density at radius 2 is 2.04 bits per heavy atom. The first-order chi connectivity index (χ1) is 13.5. The maximum Gasteiger partial charge on any atom is 0.306 e. The maximum absolute atomic E-state index is 12.9. The zero-order chi connectivity index (χ0) is 19.7. The van der Waals surface area contributed by atoms with E-state index in [1.165, 1.54) is 5.56 Å². The van der Waals surface area contributed by atoms with Crippen molar-refractivity contribution in [3.05, 3.63) is 75.1 Å². The number of rotatable bonds is 5. The van der Waals surface area contributed by atoms with Crippen LogP contribution in [0.2, 0.25) is 0 Å². The van der Waals surface area contributed by atoms with E-state index in [0.29, 0.717) is 34.5 Å². The molecule has 0 unspecified atom stereocenters. The van der Waals surface area contributed by atoms with E-state index in [0.717, 1.165) is 17.6 Å². The summed E-state index contributed by atoms with van der Waals surface area (Å²) < 4.78 is 11.6. The van der Waals surface area contributed by atoms with Crippen molar-refractivity contribution in [3.63, 3.8) is 0 Å². The number of allylic oxidation sites excluding steroid dienone is 1. The molecule has 0 aliphatic heterocycles. The van der Waals surface area contributed by atoms with Crippen molar-refractivity contribution in [1.82, 2.24) is 0 Å². The van der Waals surface area contributed by atoms with Crippen LogP contribution < -0.4 is 10.2 Å². The quantitative estimate of drug-likeness (QED) is 0.712. The van der Waals surface area contributed by atoms with Crippen LogP contribution in [-0.4, -0.2) is 17.7 Å². The number of fused-ring (bicyclic) bond motifs is 2. The van der Waals surface area contributed by atoms with Gasteiger partial charge in [-0.25, -0.2) is 0 Å². The maximum atomic E-state index is 12.9. The highest BCUT2D eigenvalue weighted by Crippen LogP contribution is 2.35. The lowest BCUT2D eigenvalue weighted by atomic mass is 10.0. The molecule has 0 fully saturated rings. The zero-order valence-corrected chi connectivity index (χ0v) is 15.5. The van der Waals surface area contributed by atoms with Crippen LogP contribution in [0.3, 0.4) is 0 Å². The molecule has 0 saturated carbocycles. The third-order valence-corrected chi connectivity index (χ3v) is 5.00. The van der Waals surface area contributed by atoms with Gasteiger partial charge in [-0.2, -0.15) is 0 Å². The summed E-state index contributed by atoms with van der Waals surface area (Å²) in [6, 6.07) is 13.1. The van der Waals surface area contributed by atoms with Crippen LogP contribution in [0.15, 0.2) is 51.7 Å². The number of hydrogen-bond donors (Lipinski definition) is 1. The van der Waals surface area contributed by atoms with Gasteiger partial charge in [0.15, 0.2) is 5.43 Å². The first-order valence-corrected chi connectivity index (χ1v) is 9.24. The molecule has 0 atom stereocenters. The summed E-state index contributed by atoms with van der Waals surface area (Å²) in [5, 5.41) is 9.24. The van der Waals surface area contributed by atoms with E-state index in [4.69, 9.17) is 14.3 Å². The molecule has 0 saturated heterocycles. The van der Waals surface area contributed by atoms with E-state index in [2.05, 4.69) is 19.1 Å². The minimum absolute atomic E-state index is 0.0125. The summed E-state index contributed by atoms with van der Waals surface area (Å²) in [4.78, 5) is 23.5. The van der Waals surface area contributed by atoms with E-state index in [1.54, 1.807) is 18.2 Å². The summed E-state index contributed by atoms with van der Waals surface area (Å²) >= 11 is 0. The molecule has 0 bridgehead atoms. The Bertz CT molecular complexity index is 1150. The highest BCUT2D eigenvalue weighted by molar-refractivity contribution is 5.87. The Kier molecular flexibility index (Phi) is 4.74. The predicted octanol–water partition coefficient (Wildman–Crippen LogP) is 4.44. The van der Waals surface area contributed by atoms with Gasteiger partial charge in [0, 0.05) is 11.6 Å². The fraction of sp³-hybridized carbons (Fsp3) is 0.217. The molecule has 1 aliphatic rings. The predicted molar refractivity (Wildman–Crippen MR) is 108 cm³/mol. The normalized spacial score (nSPS) is 14.4. The van der Waals surface area contributed by atoms with Gasteiger partial charge in [0.05, 0.1) is 18.4 Å². The van der Waals surface area contributed by atoms with E-state index in [9.17, 15) is 9.59 Å². The van der Waals surface area contributed by atoms with Crippen molar-refractivity contribution in [2.24, 2.45) is 0 Å². The molecular formula is C23H20O5. The second-order valence-corrected chi connectivity index (χ2v) is 6.92. The van der Waals surface area contributed by atoms with E-state index >= 15 is 0 Å². The molecule has 142 valence electrons. The van der Waals surface area contributed by atoms with Gasteiger partial charge in [-0.3, -0.25) is 9.59 Å². The minimum atomic E-state index is -0.920. The molecular weight excluding hydrogens is 356 g/mol. The van der Waals surface area contributed by atoms with Gasteiger partial charge in [0.25, 0.3) is 0 Å². The Labute approximate surface area is 161 Å². The van der Waals surface area contributed by atoms with Crippen molar-refractivity contribution in [2.45, 2.75) is 26.2 Å². The summed E-state index contributed by atoms with van der Waals surface area (Å²) in [6.45, 7) is 2.12. The molecule has 1 N–H and O–H groups in total. The number of carbonyl (C=O) groups is 1. The smallest absolute Gasteiger partial charge is 0.306 e. The highest BCUT2D eigenvalue weighted by Gasteiger charge is 2.24. The summed E-state index contributed by atoms with van der Waals surface area (Å²) in [5.74, 6) is 0.207. The molecule has 4 rings (SSSR count). The van der Waals surface area contributed by atoms with Crippen LogP contribution in [0, 0.1) is 6.92 Å². The van der Waals surface area contributed by atoms with Crippen LogP contribution in [0.5, 0.6) is 5.75 Å². The van der Waals surface area contributed by atoms with E-state index in [-0.39, 0.29) is 18.5 Å². The van der Waals surface area contributed by atoms with E-state index in [1.807, 2.05) is 18.2 Å². The summed E-state index contributed by atoms with van der Waals surface area (Å²) in [6.07, 6.45) is 3.43. The van der Waals surface area contributed by atoms with Gasteiger partial charge >= 0.3 is 5.97 Å². The lowest BCUT2D eigenvalue weighted by molar-refractivity contribution is -0.137. The molecule has 5 nitrogen and oxygen atoms in total. The van der Waals surface area contributed by atoms with Crippen LogP contribution in [0.1, 0.15) is 35.3 Å². The van der Waals surface area contributed by atoms with Crippen LogP contribution in [0.25, 0.3) is 22.6 Å². The summed E-state index contributed by atoms with van der Waals surface area (Å²) in [5.41, 5.74) is 4.45. The third-order valence-electron chi connectivity index (χ3n) is 5.00. The molecule has 5 heteroatoms. The van der Waals surface area contributed by atoms with Gasteiger partial charge in [0.2, 0.25) is 0 Å². The number of aliphatic carboxylic acids is 1. The SMILES string of the molecule is Cc1ccccc1/C=C1\CCc2c1oc1cc(OCCC(=O)O)ccc1c2=O. The number of hydrogen-bond acceptors (Lipinski definition) is 4. The molecule has 1 aromatic heterocycles. The van der Waals surface area contributed by atoms with Crippen molar-refractivity contribution in [1.29, 1.82) is 0 Å². The molecule has 2 aromatic carbocycles. The molecule has 3 aromatic rings. The lowest BCUT2D eigenvalue weighted by Crippen LogP contribution is -2.09. The van der Waals surface area contributed by atoms with Crippen molar-refractivity contribution < 1.29 is 19.1 Å². The Balaban J connectivity index is 1.74. The monoisotopic (exact) mass is 376 g/mol. The van der Waals surface area contributed by atoms with Crippen molar-refractivity contribution >= 4 is 28.6 Å². The standard InChI is InChI=1S/C23H20O5/c1-14-4-2-3-5-15(14)12-16-6-8-19-22(26)18-9-7-17(27-11-10-21(24)25)13-20(18)28-23(16)19/h2-5,7,9,12-13H,6,8,10-11H2,1H3,(H,24,25)/b16-12+. The highest BCUT2D eigenvalue weighted by atomic mass is 16.5. The van der Waals surface area contributed by atoms with Gasteiger partial charge in [-0.05, 0) is 54.7 Å². The molecule has 0 spiro atoms. The minimum Gasteiger partial charge on any atom is -0.493 e. The fourth-order valence-electron chi connectivity index (χ4n) is 3.49. The third kappa shape index (κ3) is 3.43. The van der Waals surface area contributed by atoms with Crippen LogP contribution >= 0.6 is 0 Å². The second-order valence-electron chi connectivity index (χ2n) is 6.92. The Hall–Kier alpha value is -3.34. The van der Waals surface area contributed by atoms with E-state index < -0.39 is 5.97 Å². The van der Waals surface area contributed by atoms with Crippen molar-refractivity contribution in [3.8, 4) is 5.75 Å². The molecule has 1 heterocycles. The topological polar surface area (TPSA) is 76.7 Å². The Morgan fingerprint density at radius 1 is 1.21 bits per heavy atom. The van der Waals surface area contributed by atoms with Gasteiger partial charge < -0.3 is 14.3 Å². The first kappa shape index (κ1) is 18.0. The molecule has 1 aliphatic carbocycles. The average Bonchev–Trinajstić information content (AvgIpc) is 3.06. The fourth-order valence-corrected chi connectivity index (χ4v) is 3.49. The molecule has 0 amide bonds. The van der Waals surface area contributed by atoms with Gasteiger partial charge in [-0.1, -0.05) is 24.3 Å². The number of ether oxygens (including phenoxy) is 1. The second kappa shape index (κ2) is 7.35. The van der Waals surface area contributed by atoms with Crippen LogP contribution in [0.4, 0.5) is 0 Å². The number of benzene rings is 2. The average molecular weight is 376 g/mol. The zero-order valence-electron chi connectivity index (χ0n) is 15.5. The van der Waals surface area contributed by atoms with Crippen molar-refractivity contribution in [2.75, 3.05) is 6.61 Å². The van der Waals surface area contributed by atoms with Gasteiger partial charge in [0.1, 0.15) is 17.1 Å². The van der Waals surface area contributed by atoms with Gasteiger partial charge in [-0.15, -0.1) is 0 Å².